The van der Waals surface area contributed by atoms with Crippen LogP contribution in [-0.4, -0.2) is 20.8 Å². The number of benzene rings is 2. The third-order valence-corrected chi connectivity index (χ3v) is 4.37. The lowest BCUT2D eigenvalue weighted by Crippen LogP contribution is -2.17. The van der Waals surface area contributed by atoms with Crippen molar-refractivity contribution in [2.24, 2.45) is 0 Å². The molecule has 0 aliphatic carbocycles. The van der Waals surface area contributed by atoms with E-state index in [0.29, 0.717) is 13.0 Å². The molecule has 0 aliphatic rings. The summed E-state index contributed by atoms with van der Waals surface area (Å²) in [6.45, 7) is 0.570. The van der Waals surface area contributed by atoms with Gasteiger partial charge in [-0.05, 0) is 29.8 Å². The van der Waals surface area contributed by atoms with Crippen LogP contribution in [0.5, 0.6) is 0 Å². The number of aromatic nitrogens is 2. The highest BCUT2D eigenvalue weighted by atomic mass is 32.2. The molecule has 1 atom stereocenters. The Morgan fingerprint density at radius 2 is 1.73 bits per heavy atom. The van der Waals surface area contributed by atoms with Crippen LogP contribution in [-0.2, 0) is 13.0 Å². The van der Waals surface area contributed by atoms with Gasteiger partial charge in [-0.2, -0.15) is 0 Å². The molecular formula is C18H18N2OS. The van der Waals surface area contributed by atoms with Gasteiger partial charge in [0, 0.05) is 35.2 Å². The van der Waals surface area contributed by atoms with Gasteiger partial charge in [-0.15, -0.1) is 0 Å². The third kappa shape index (κ3) is 4.23. The molecule has 0 radical (unpaired) electrons. The molecule has 22 heavy (non-hydrogen) atoms. The summed E-state index contributed by atoms with van der Waals surface area (Å²) in [7, 11) is 0. The molecule has 0 bridgehead atoms. The van der Waals surface area contributed by atoms with Gasteiger partial charge in [-0.3, -0.25) is 0 Å². The number of imidazole rings is 1. The number of hydrogen-bond donors (Lipinski definition) is 1. The lowest BCUT2D eigenvalue weighted by Gasteiger charge is -2.11. The van der Waals surface area contributed by atoms with E-state index in [1.165, 1.54) is 9.79 Å². The second kappa shape index (κ2) is 7.29. The van der Waals surface area contributed by atoms with Crippen molar-refractivity contribution in [3.05, 3.63) is 78.9 Å². The van der Waals surface area contributed by atoms with Crippen molar-refractivity contribution in [3.8, 4) is 0 Å². The Bertz CT molecular complexity index is 681. The fraction of sp³-hybridized carbons (Fsp3) is 0.167. The van der Waals surface area contributed by atoms with Gasteiger partial charge < -0.3 is 9.67 Å². The second-order valence-corrected chi connectivity index (χ2v) is 6.32. The fourth-order valence-corrected chi connectivity index (χ4v) is 3.13. The minimum atomic E-state index is -0.401. The summed E-state index contributed by atoms with van der Waals surface area (Å²) in [6, 6.07) is 18.7. The standard InChI is InChI=1S/C18H18N2OS/c21-16(13-20-11-10-19-14-20)12-15-6-8-18(9-7-15)22-17-4-2-1-3-5-17/h1-11,14,16,21H,12-13H2. The highest BCUT2D eigenvalue weighted by molar-refractivity contribution is 7.99. The molecule has 0 amide bonds. The Labute approximate surface area is 134 Å². The molecule has 1 unspecified atom stereocenters. The maximum Gasteiger partial charge on any atom is 0.0946 e. The Morgan fingerprint density at radius 1 is 1.00 bits per heavy atom. The Morgan fingerprint density at radius 3 is 2.41 bits per heavy atom. The van der Waals surface area contributed by atoms with Gasteiger partial charge in [-0.25, -0.2) is 4.98 Å². The Hall–Kier alpha value is -2.04. The van der Waals surface area contributed by atoms with Crippen LogP contribution in [0.2, 0.25) is 0 Å². The van der Waals surface area contributed by atoms with Gasteiger partial charge in [0.15, 0.2) is 0 Å². The van der Waals surface area contributed by atoms with Crippen molar-refractivity contribution in [3.63, 3.8) is 0 Å². The van der Waals surface area contributed by atoms with E-state index in [2.05, 4.69) is 41.4 Å². The molecule has 0 aliphatic heterocycles. The first-order chi connectivity index (χ1) is 10.8. The zero-order valence-corrected chi connectivity index (χ0v) is 13.0. The van der Waals surface area contributed by atoms with E-state index >= 15 is 0 Å². The van der Waals surface area contributed by atoms with Crippen LogP contribution >= 0.6 is 11.8 Å². The number of aliphatic hydroxyl groups is 1. The third-order valence-electron chi connectivity index (χ3n) is 3.35. The molecule has 2 aromatic carbocycles. The summed E-state index contributed by atoms with van der Waals surface area (Å²) in [5, 5.41) is 10.1. The lowest BCUT2D eigenvalue weighted by atomic mass is 10.1. The van der Waals surface area contributed by atoms with Crippen molar-refractivity contribution in [2.75, 3.05) is 0 Å². The van der Waals surface area contributed by atoms with E-state index in [1.54, 1.807) is 24.3 Å². The maximum atomic E-state index is 10.1. The first-order valence-corrected chi connectivity index (χ1v) is 8.07. The number of aliphatic hydroxyl groups excluding tert-OH is 1. The zero-order valence-electron chi connectivity index (χ0n) is 12.2. The van der Waals surface area contributed by atoms with Crippen LogP contribution in [0.3, 0.4) is 0 Å². The van der Waals surface area contributed by atoms with Gasteiger partial charge in [0.2, 0.25) is 0 Å². The molecule has 0 spiro atoms. The summed E-state index contributed by atoms with van der Waals surface area (Å²) in [5.41, 5.74) is 1.14. The average molecular weight is 310 g/mol. The molecule has 4 heteroatoms. The van der Waals surface area contributed by atoms with Crippen molar-refractivity contribution < 1.29 is 5.11 Å². The number of hydrogen-bond acceptors (Lipinski definition) is 3. The molecule has 0 fully saturated rings. The smallest absolute Gasteiger partial charge is 0.0946 e. The number of nitrogens with zero attached hydrogens (tertiary/aromatic N) is 2. The summed E-state index contributed by atoms with van der Waals surface area (Å²) < 4.78 is 1.89. The molecule has 3 nitrogen and oxygen atoms in total. The molecule has 1 N–H and O–H groups in total. The van der Waals surface area contributed by atoms with Gasteiger partial charge in [0.05, 0.1) is 12.4 Å². The highest BCUT2D eigenvalue weighted by Crippen LogP contribution is 2.27. The Kier molecular flexibility index (Phi) is 4.93. The summed E-state index contributed by atoms with van der Waals surface area (Å²) in [4.78, 5) is 6.42. The largest absolute Gasteiger partial charge is 0.391 e. The number of rotatable bonds is 6. The summed E-state index contributed by atoms with van der Waals surface area (Å²) >= 11 is 1.74. The van der Waals surface area contributed by atoms with Crippen LogP contribution in [0.1, 0.15) is 5.56 Å². The van der Waals surface area contributed by atoms with E-state index in [1.807, 2.05) is 29.0 Å². The molecule has 3 aromatic rings. The van der Waals surface area contributed by atoms with Crippen LogP contribution in [0.4, 0.5) is 0 Å². The van der Waals surface area contributed by atoms with E-state index in [4.69, 9.17) is 0 Å². The molecule has 1 heterocycles. The molecule has 0 saturated heterocycles. The average Bonchev–Trinajstić information content (AvgIpc) is 3.03. The lowest BCUT2D eigenvalue weighted by molar-refractivity contribution is 0.154. The second-order valence-electron chi connectivity index (χ2n) is 5.18. The SMILES string of the molecule is OC(Cc1ccc(Sc2ccccc2)cc1)Cn1ccnc1. The Balaban J connectivity index is 1.57. The quantitative estimate of drug-likeness (QED) is 0.755. The fourth-order valence-electron chi connectivity index (χ4n) is 2.29. The first-order valence-electron chi connectivity index (χ1n) is 7.25. The molecule has 3 rings (SSSR count). The predicted octanol–water partition coefficient (Wildman–Crippen LogP) is 3.64. The minimum Gasteiger partial charge on any atom is -0.391 e. The van der Waals surface area contributed by atoms with Gasteiger partial charge in [0.1, 0.15) is 0 Å². The summed E-state index contributed by atoms with van der Waals surface area (Å²) in [6.07, 6.45) is 5.56. The van der Waals surface area contributed by atoms with Crippen LogP contribution in [0, 0.1) is 0 Å². The minimum absolute atomic E-state index is 0.401. The molecule has 0 saturated carbocycles. The van der Waals surface area contributed by atoms with Crippen LogP contribution in [0.15, 0.2) is 83.1 Å². The predicted molar refractivity (Wildman–Crippen MR) is 88.9 cm³/mol. The van der Waals surface area contributed by atoms with Crippen molar-refractivity contribution in [1.82, 2.24) is 9.55 Å². The van der Waals surface area contributed by atoms with Gasteiger partial charge in [0.25, 0.3) is 0 Å². The summed E-state index contributed by atoms with van der Waals surface area (Å²) in [5.74, 6) is 0. The van der Waals surface area contributed by atoms with Gasteiger partial charge in [-0.1, -0.05) is 42.1 Å². The van der Waals surface area contributed by atoms with E-state index < -0.39 is 6.10 Å². The zero-order chi connectivity index (χ0) is 15.2. The topological polar surface area (TPSA) is 38.0 Å². The van der Waals surface area contributed by atoms with Crippen LogP contribution in [0.25, 0.3) is 0 Å². The van der Waals surface area contributed by atoms with Crippen molar-refractivity contribution in [2.45, 2.75) is 28.9 Å². The van der Waals surface area contributed by atoms with E-state index in [0.717, 1.165) is 5.56 Å². The molecule has 1 aromatic heterocycles. The molecular weight excluding hydrogens is 292 g/mol. The van der Waals surface area contributed by atoms with Crippen molar-refractivity contribution >= 4 is 11.8 Å². The first kappa shape index (κ1) is 14.9. The normalized spacial score (nSPS) is 12.2. The highest BCUT2D eigenvalue weighted by Gasteiger charge is 2.06. The van der Waals surface area contributed by atoms with Crippen LogP contribution < -0.4 is 0 Å². The molecule has 112 valence electrons. The van der Waals surface area contributed by atoms with Gasteiger partial charge >= 0.3 is 0 Å². The monoisotopic (exact) mass is 310 g/mol. The van der Waals surface area contributed by atoms with Crippen molar-refractivity contribution in [1.29, 1.82) is 0 Å². The maximum absolute atomic E-state index is 10.1. The van der Waals surface area contributed by atoms with E-state index in [-0.39, 0.29) is 0 Å². The van der Waals surface area contributed by atoms with E-state index in [9.17, 15) is 5.11 Å².